The van der Waals surface area contributed by atoms with Gasteiger partial charge in [0.25, 0.3) is 5.90 Å². The molecule has 2 rings (SSSR count). The smallest absolute Gasteiger partial charge is 0.258 e. The fraction of sp³-hybridized carbons (Fsp3) is 0.273. The molecule has 14 heavy (non-hydrogen) atoms. The maximum Gasteiger partial charge on any atom is 0.258 e. The molecule has 3 heteroatoms. The van der Waals surface area contributed by atoms with E-state index in [-0.39, 0.29) is 11.7 Å². The number of hydrogen-bond donors (Lipinski definition) is 0. The van der Waals surface area contributed by atoms with E-state index in [4.69, 9.17) is 4.74 Å². The van der Waals surface area contributed by atoms with Gasteiger partial charge in [-0.3, -0.25) is 4.79 Å². The summed E-state index contributed by atoms with van der Waals surface area (Å²) >= 11 is 0. The molecule has 0 saturated carbocycles. The molecule has 0 fully saturated rings. The number of ether oxygens (including phenoxy) is 1. The lowest BCUT2D eigenvalue weighted by atomic mass is 10.1. The third kappa shape index (κ3) is 1.53. The standard InChI is InChI=1S/C11H11NO2/c1-8-4-2-3-5-9(8)10(13)11-12-6-7-14-11/h2-5H,6-7H2,1H3. The van der Waals surface area contributed by atoms with Crippen molar-refractivity contribution < 1.29 is 9.53 Å². The zero-order chi connectivity index (χ0) is 9.97. The van der Waals surface area contributed by atoms with E-state index in [1.165, 1.54) is 0 Å². The fourth-order valence-electron chi connectivity index (χ4n) is 1.42. The number of nitrogens with zero attached hydrogens (tertiary/aromatic N) is 1. The van der Waals surface area contributed by atoms with Crippen molar-refractivity contribution in [1.82, 2.24) is 0 Å². The van der Waals surface area contributed by atoms with Gasteiger partial charge >= 0.3 is 0 Å². The molecule has 0 bridgehead atoms. The Labute approximate surface area is 82.4 Å². The van der Waals surface area contributed by atoms with Crippen LogP contribution in [-0.4, -0.2) is 24.8 Å². The highest BCUT2D eigenvalue weighted by Crippen LogP contribution is 2.10. The van der Waals surface area contributed by atoms with Crippen molar-refractivity contribution in [3.05, 3.63) is 35.4 Å². The number of aliphatic imine (C=N–C) groups is 1. The van der Waals surface area contributed by atoms with E-state index in [0.717, 1.165) is 5.56 Å². The van der Waals surface area contributed by atoms with E-state index in [1.54, 1.807) is 6.07 Å². The van der Waals surface area contributed by atoms with Crippen LogP contribution in [0.4, 0.5) is 0 Å². The highest BCUT2D eigenvalue weighted by molar-refractivity contribution is 6.43. The van der Waals surface area contributed by atoms with E-state index < -0.39 is 0 Å². The van der Waals surface area contributed by atoms with Crippen LogP contribution in [0.3, 0.4) is 0 Å². The first-order chi connectivity index (χ1) is 6.79. The number of Topliss-reactive ketones (excluding diaryl/α,β-unsaturated/α-hetero) is 1. The van der Waals surface area contributed by atoms with Crippen molar-refractivity contribution in [1.29, 1.82) is 0 Å². The molecule has 0 saturated heterocycles. The molecule has 1 aliphatic rings. The predicted octanol–water partition coefficient (Wildman–Crippen LogP) is 1.61. The maximum absolute atomic E-state index is 11.8. The summed E-state index contributed by atoms with van der Waals surface area (Å²) < 4.78 is 5.12. The molecular weight excluding hydrogens is 178 g/mol. The molecule has 1 heterocycles. The number of benzene rings is 1. The second kappa shape index (κ2) is 3.62. The van der Waals surface area contributed by atoms with Crippen LogP contribution in [0.2, 0.25) is 0 Å². The monoisotopic (exact) mass is 189 g/mol. The van der Waals surface area contributed by atoms with Crippen molar-refractivity contribution in [2.24, 2.45) is 4.99 Å². The summed E-state index contributed by atoms with van der Waals surface area (Å²) in [6.07, 6.45) is 0. The summed E-state index contributed by atoms with van der Waals surface area (Å²) in [5, 5.41) is 0. The maximum atomic E-state index is 11.8. The second-order valence-electron chi connectivity index (χ2n) is 3.18. The lowest BCUT2D eigenvalue weighted by Gasteiger charge is -2.03. The third-order valence-corrected chi connectivity index (χ3v) is 2.17. The largest absolute Gasteiger partial charge is 0.473 e. The number of aryl methyl sites for hydroxylation is 1. The summed E-state index contributed by atoms with van der Waals surface area (Å²) in [6.45, 7) is 3.02. The van der Waals surface area contributed by atoms with Gasteiger partial charge in [-0.15, -0.1) is 0 Å². The van der Waals surface area contributed by atoms with Crippen molar-refractivity contribution >= 4 is 11.7 Å². The van der Waals surface area contributed by atoms with E-state index in [0.29, 0.717) is 18.7 Å². The minimum atomic E-state index is -0.111. The van der Waals surface area contributed by atoms with Crippen LogP contribution in [0.25, 0.3) is 0 Å². The lowest BCUT2D eigenvalue weighted by Crippen LogP contribution is -2.15. The van der Waals surface area contributed by atoms with Gasteiger partial charge in [-0.1, -0.05) is 24.3 Å². The summed E-state index contributed by atoms with van der Waals surface area (Å²) in [6, 6.07) is 7.45. The van der Waals surface area contributed by atoms with Crippen LogP contribution in [0.1, 0.15) is 15.9 Å². The van der Waals surface area contributed by atoms with Crippen molar-refractivity contribution in [3.8, 4) is 0 Å². The normalized spacial score (nSPS) is 14.8. The second-order valence-corrected chi connectivity index (χ2v) is 3.18. The Balaban J connectivity index is 2.31. The van der Waals surface area contributed by atoms with E-state index >= 15 is 0 Å². The number of carbonyl (C=O) groups excluding carboxylic acids is 1. The van der Waals surface area contributed by atoms with Gasteiger partial charge < -0.3 is 4.74 Å². The molecule has 1 aromatic rings. The van der Waals surface area contributed by atoms with Gasteiger partial charge in [-0.25, -0.2) is 4.99 Å². The molecule has 0 unspecified atom stereocenters. The van der Waals surface area contributed by atoms with Crippen LogP contribution < -0.4 is 0 Å². The quantitative estimate of drug-likeness (QED) is 0.663. The van der Waals surface area contributed by atoms with Gasteiger partial charge in [0.2, 0.25) is 5.78 Å². The lowest BCUT2D eigenvalue weighted by molar-refractivity contribution is 0.103. The molecule has 0 aliphatic carbocycles. The molecule has 72 valence electrons. The fourth-order valence-corrected chi connectivity index (χ4v) is 1.42. The van der Waals surface area contributed by atoms with Crippen LogP contribution in [0, 0.1) is 6.92 Å². The average molecular weight is 189 g/mol. The molecule has 0 spiro atoms. The molecule has 0 amide bonds. The first-order valence-corrected chi connectivity index (χ1v) is 4.56. The van der Waals surface area contributed by atoms with Gasteiger partial charge in [-0.05, 0) is 12.5 Å². The molecule has 3 nitrogen and oxygen atoms in total. The third-order valence-electron chi connectivity index (χ3n) is 2.17. The molecule has 1 aliphatic heterocycles. The van der Waals surface area contributed by atoms with Gasteiger partial charge in [0.15, 0.2) is 0 Å². The number of hydrogen-bond acceptors (Lipinski definition) is 3. The molecule has 0 N–H and O–H groups in total. The first kappa shape index (κ1) is 8.94. The Morgan fingerprint density at radius 2 is 2.21 bits per heavy atom. The molecule has 0 radical (unpaired) electrons. The van der Waals surface area contributed by atoms with Crippen LogP contribution >= 0.6 is 0 Å². The highest BCUT2D eigenvalue weighted by Gasteiger charge is 2.19. The zero-order valence-electron chi connectivity index (χ0n) is 7.99. The summed E-state index contributed by atoms with van der Waals surface area (Å²) in [5.74, 6) is 0.139. The van der Waals surface area contributed by atoms with E-state index in [9.17, 15) is 4.79 Å². The zero-order valence-corrected chi connectivity index (χ0v) is 7.99. The minimum Gasteiger partial charge on any atom is -0.473 e. The van der Waals surface area contributed by atoms with Crippen molar-refractivity contribution in [2.45, 2.75) is 6.92 Å². The minimum absolute atomic E-state index is 0.111. The van der Waals surface area contributed by atoms with Crippen molar-refractivity contribution in [3.63, 3.8) is 0 Å². The highest BCUT2D eigenvalue weighted by atomic mass is 16.5. The number of rotatable bonds is 2. The summed E-state index contributed by atoms with van der Waals surface area (Å²) in [7, 11) is 0. The molecule has 1 aromatic carbocycles. The Kier molecular flexibility index (Phi) is 2.31. The summed E-state index contributed by atoms with van der Waals surface area (Å²) in [4.78, 5) is 15.8. The molecule has 0 aromatic heterocycles. The topological polar surface area (TPSA) is 38.7 Å². The van der Waals surface area contributed by atoms with Gasteiger partial charge in [-0.2, -0.15) is 0 Å². The van der Waals surface area contributed by atoms with Gasteiger partial charge in [0, 0.05) is 5.56 Å². The number of carbonyl (C=O) groups is 1. The van der Waals surface area contributed by atoms with Crippen LogP contribution in [0.15, 0.2) is 29.3 Å². The van der Waals surface area contributed by atoms with Gasteiger partial charge in [0.1, 0.15) is 6.61 Å². The first-order valence-electron chi connectivity index (χ1n) is 4.56. The Morgan fingerprint density at radius 3 is 2.86 bits per heavy atom. The Bertz CT molecular complexity index is 396. The Morgan fingerprint density at radius 1 is 1.43 bits per heavy atom. The average Bonchev–Trinajstić information content (AvgIpc) is 2.70. The predicted molar refractivity (Wildman–Crippen MR) is 53.8 cm³/mol. The van der Waals surface area contributed by atoms with Crippen LogP contribution in [0.5, 0.6) is 0 Å². The van der Waals surface area contributed by atoms with E-state index in [2.05, 4.69) is 4.99 Å². The molecular formula is C11H11NO2. The SMILES string of the molecule is Cc1ccccc1C(=O)C1=NCCO1. The van der Waals surface area contributed by atoms with Gasteiger partial charge in [0.05, 0.1) is 6.54 Å². The van der Waals surface area contributed by atoms with Crippen molar-refractivity contribution in [2.75, 3.05) is 13.2 Å². The molecule has 0 atom stereocenters. The van der Waals surface area contributed by atoms with E-state index in [1.807, 2.05) is 25.1 Å². The number of ketones is 1. The Hall–Kier alpha value is -1.64. The summed E-state index contributed by atoms with van der Waals surface area (Å²) in [5.41, 5.74) is 1.63. The van der Waals surface area contributed by atoms with Crippen LogP contribution in [-0.2, 0) is 4.74 Å².